The van der Waals surface area contributed by atoms with E-state index in [0.717, 1.165) is 0 Å². The number of hydrogen-bond acceptors (Lipinski definition) is 6. The smallest absolute Gasteiger partial charge is 0.326 e. The Morgan fingerprint density at radius 2 is 1.37 bits per heavy atom. The maximum Gasteiger partial charge on any atom is 0.326 e. The average molecular weight is 556 g/mol. The lowest BCUT2D eigenvalue weighted by molar-refractivity contribution is -0.384. The number of anilines is 3. The number of nitro benzene ring substituents is 1. The van der Waals surface area contributed by atoms with Crippen molar-refractivity contribution in [3.05, 3.63) is 113 Å². The van der Waals surface area contributed by atoms with E-state index in [-0.39, 0.29) is 18.8 Å². The van der Waals surface area contributed by atoms with E-state index >= 15 is 0 Å². The summed E-state index contributed by atoms with van der Waals surface area (Å²) >= 11 is 0. The Morgan fingerprint density at radius 1 is 0.780 bits per heavy atom. The summed E-state index contributed by atoms with van der Waals surface area (Å²) in [7, 11) is 0. The quantitative estimate of drug-likeness (QED) is 0.140. The van der Waals surface area contributed by atoms with Crippen molar-refractivity contribution in [2.45, 2.75) is 6.92 Å². The molecule has 0 bridgehead atoms. The molecule has 3 N–H and O–H groups in total. The molecule has 11 heteroatoms. The van der Waals surface area contributed by atoms with E-state index in [2.05, 4.69) is 16.0 Å². The highest BCUT2D eigenvalue weighted by Crippen LogP contribution is 2.25. The summed E-state index contributed by atoms with van der Waals surface area (Å²) in [5.74, 6) is 1.97. The van der Waals surface area contributed by atoms with Gasteiger partial charge >= 0.3 is 12.1 Å². The predicted octanol–water partition coefficient (Wildman–Crippen LogP) is 6.65. The van der Waals surface area contributed by atoms with Crippen molar-refractivity contribution in [3.63, 3.8) is 0 Å². The number of rotatable bonds is 11. The zero-order valence-electron chi connectivity index (χ0n) is 22.3. The summed E-state index contributed by atoms with van der Waals surface area (Å²) in [5, 5.41) is 19.2. The summed E-state index contributed by atoms with van der Waals surface area (Å²) in [6.45, 7) is 2.71. The van der Waals surface area contributed by atoms with Crippen LogP contribution in [0, 0.1) is 10.1 Å². The molecule has 11 nitrogen and oxygen atoms in total. The van der Waals surface area contributed by atoms with E-state index in [0.29, 0.717) is 40.9 Å². The molecule has 0 spiro atoms. The fourth-order valence-electron chi connectivity index (χ4n) is 3.78. The molecule has 210 valence electrons. The maximum absolute atomic E-state index is 13.3. The van der Waals surface area contributed by atoms with Gasteiger partial charge in [-0.3, -0.25) is 15.0 Å². The topological polar surface area (TPSA) is 135 Å². The molecule has 41 heavy (non-hydrogen) atoms. The van der Waals surface area contributed by atoms with E-state index in [9.17, 15) is 19.7 Å². The van der Waals surface area contributed by atoms with Crippen LogP contribution in [0.1, 0.15) is 6.92 Å². The highest BCUT2D eigenvalue weighted by molar-refractivity contribution is 6.02. The molecular weight excluding hydrogens is 526 g/mol. The molecule has 0 saturated carbocycles. The average Bonchev–Trinajstić information content (AvgIpc) is 2.98. The molecule has 0 saturated heterocycles. The SMILES string of the molecule is CCOc1ccc(NC(=O)NCCN(C(=O)Nc2ccc([N+](=O)[O-])cc2)c2ccc(Oc3ccccc3)cc2)cc1. The third kappa shape index (κ3) is 8.45. The van der Waals surface area contributed by atoms with Crippen molar-refractivity contribution in [2.75, 3.05) is 35.2 Å². The number of non-ortho nitro benzene ring substituents is 1. The highest BCUT2D eigenvalue weighted by atomic mass is 16.6. The van der Waals surface area contributed by atoms with Crippen LogP contribution in [0.4, 0.5) is 32.3 Å². The third-order valence-corrected chi connectivity index (χ3v) is 5.75. The molecular formula is C30H29N5O6. The van der Waals surface area contributed by atoms with Crippen LogP contribution < -0.4 is 30.3 Å². The molecule has 0 atom stereocenters. The highest BCUT2D eigenvalue weighted by Gasteiger charge is 2.17. The van der Waals surface area contributed by atoms with Gasteiger partial charge in [-0.2, -0.15) is 0 Å². The molecule has 4 rings (SSSR count). The summed E-state index contributed by atoms with van der Waals surface area (Å²) in [4.78, 5) is 37.6. The number of carbonyl (C=O) groups is 2. The molecule has 0 fully saturated rings. The number of nitrogens with zero attached hydrogens (tertiary/aromatic N) is 2. The van der Waals surface area contributed by atoms with Gasteiger partial charge in [0.05, 0.1) is 11.5 Å². The van der Waals surface area contributed by atoms with Gasteiger partial charge in [0.1, 0.15) is 17.2 Å². The van der Waals surface area contributed by atoms with Gasteiger partial charge in [-0.1, -0.05) is 18.2 Å². The van der Waals surface area contributed by atoms with Crippen molar-refractivity contribution in [2.24, 2.45) is 0 Å². The van der Waals surface area contributed by atoms with Gasteiger partial charge in [0, 0.05) is 42.3 Å². The van der Waals surface area contributed by atoms with Crippen molar-refractivity contribution >= 4 is 34.8 Å². The van der Waals surface area contributed by atoms with Gasteiger partial charge in [-0.05, 0) is 79.7 Å². The number of urea groups is 2. The van der Waals surface area contributed by atoms with Crippen molar-refractivity contribution in [1.82, 2.24) is 5.32 Å². The normalized spacial score (nSPS) is 10.3. The molecule has 0 radical (unpaired) electrons. The largest absolute Gasteiger partial charge is 0.494 e. The van der Waals surface area contributed by atoms with E-state index < -0.39 is 17.0 Å². The fourth-order valence-corrected chi connectivity index (χ4v) is 3.78. The first-order valence-corrected chi connectivity index (χ1v) is 12.8. The number of nitrogens with one attached hydrogen (secondary N) is 3. The number of benzene rings is 4. The zero-order chi connectivity index (χ0) is 29.0. The van der Waals surface area contributed by atoms with Gasteiger partial charge in [0.25, 0.3) is 5.69 Å². The fraction of sp³-hybridized carbons (Fsp3) is 0.133. The number of ether oxygens (including phenoxy) is 2. The Balaban J connectivity index is 1.42. The molecule has 4 aromatic rings. The Morgan fingerprint density at radius 3 is 2.00 bits per heavy atom. The monoisotopic (exact) mass is 555 g/mol. The Bertz CT molecular complexity index is 1450. The molecule has 0 aliphatic heterocycles. The van der Waals surface area contributed by atoms with E-state index in [1.807, 2.05) is 37.3 Å². The molecule has 0 aromatic heterocycles. The minimum Gasteiger partial charge on any atom is -0.494 e. The van der Waals surface area contributed by atoms with Crippen molar-refractivity contribution in [3.8, 4) is 17.2 Å². The summed E-state index contributed by atoms with van der Waals surface area (Å²) in [6, 6.07) is 27.8. The zero-order valence-corrected chi connectivity index (χ0v) is 22.3. The van der Waals surface area contributed by atoms with Crippen LogP contribution >= 0.6 is 0 Å². The second kappa shape index (κ2) is 14.0. The van der Waals surface area contributed by atoms with Gasteiger partial charge < -0.3 is 25.4 Å². The van der Waals surface area contributed by atoms with Crippen LogP contribution in [0.25, 0.3) is 0 Å². The number of hydrogen-bond donors (Lipinski definition) is 3. The van der Waals surface area contributed by atoms with Crippen LogP contribution in [0.5, 0.6) is 17.2 Å². The van der Waals surface area contributed by atoms with Gasteiger partial charge in [-0.15, -0.1) is 0 Å². The molecule has 0 aliphatic carbocycles. The summed E-state index contributed by atoms with van der Waals surface area (Å²) in [6.07, 6.45) is 0. The van der Waals surface area contributed by atoms with Crippen LogP contribution in [0.15, 0.2) is 103 Å². The Labute approximate surface area is 236 Å². The second-order valence-corrected chi connectivity index (χ2v) is 8.63. The van der Waals surface area contributed by atoms with Crippen LogP contribution in [-0.4, -0.2) is 36.7 Å². The summed E-state index contributed by atoms with van der Waals surface area (Å²) in [5.41, 5.74) is 1.44. The van der Waals surface area contributed by atoms with Crippen LogP contribution in [0.2, 0.25) is 0 Å². The van der Waals surface area contributed by atoms with E-state index in [4.69, 9.17) is 9.47 Å². The number of para-hydroxylation sites is 1. The first-order chi connectivity index (χ1) is 19.9. The number of amides is 4. The standard InChI is InChI=1S/C30H29N5O6/c1-2-40-26-16-10-22(11-17-26)32-29(36)31-20-21-34(30(37)33-23-8-12-25(13-9-23)35(38)39)24-14-18-28(19-15-24)41-27-6-4-3-5-7-27/h3-19H,2,20-21H2,1H3,(H,33,37)(H2,31,32,36). The lowest BCUT2D eigenvalue weighted by Crippen LogP contribution is -2.42. The molecule has 0 unspecified atom stereocenters. The number of nitro groups is 1. The first kappa shape index (κ1) is 28.4. The maximum atomic E-state index is 13.3. The van der Waals surface area contributed by atoms with E-state index in [1.165, 1.54) is 29.2 Å². The lowest BCUT2D eigenvalue weighted by Gasteiger charge is -2.24. The summed E-state index contributed by atoms with van der Waals surface area (Å²) < 4.78 is 11.3. The van der Waals surface area contributed by atoms with Crippen molar-refractivity contribution < 1.29 is 24.0 Å². The van der Waals surface area contributed by atoms with Gasteiger partial charge in [0.15, 0.2) is 0 Å². The van der Waals surface area contributed by atoms with Crippen molar-refractivity contribution in [1.29, 1.82) is 0 Å². The predicted molar refractivity (Wildman–Crippen MR) is 157 cm³/mol. The first-order valence-electron chi connectivity index (χ1n) is 12.8. The minimum atomic E-state index is -0.513. The molecule has 0 heterocycles. The minimum absolute atomic E-state index is 0.0865. The third-order valence-electron chi connectivity index (χ3n) is 5.75. The molecule has 0 aliphatic rings. The lowest BCUT2D eigenvalue weighted by atomic mass is 10.2. The van der Waals surface area contributed by atoms with Crippen LogP contribution in [0.3, 0.4) is 0 Å². The van der Waals surface area contributed by atoms with Crippen LogP contribution in [-0.2, 0) is 0 Å². The van der Waals surface area contributed by atoms with E-state index in [1.54, 1.807) is 48.5 Å². The Kier molecular flexibility index (Phi) is 9.70. The molecule has 4 amide bonds. The molecule has 4 aromatic carbocycles. The second-order valence-electron chi connectivity index (χ2n) is 8.63. The van der Waals surface area contributed by atoms with Gasteiger partial charge in [-0.25, -0.2) is 9.59 Å². The number of carbonyl (C=O) groups excluding carboxylic acids is 2. The van der Waals surface area contributed by atoms with Gasteiger partial charge in [0.2, 0.25) is 0 Å². The Hall–Kier alpha value is -5.58.